The minimum Gasteiger partial charge on any atom is -0.351 e. The maximum Gasteiger partial charge on any atom is 0.237 e. The highest BCUT2D eigenvalue weighted by atomic mass is 16.2. The van der Waals surface area contributed by atoms with Crippen molar-refractivity contribution in [2.75, 3.05) is 19.6 Å². The molecule has 1 rings (SSSR count). The molecule has 0 aromatic heterocycles. The Morgan fingerprint density at radius 3 is 2.94 bits per heavy atom. The first-order chi connectivity index (χ1) is 7.67. The fourth-order valence-corrected chi connectivity index (χ4v) is 2.21. The highest BCUT2D eigenvalue weighted by Gasteiger charge is 2.22. The van der Waals surface area contributed by atoms with Crippen molar-refractivity contribution in [3.8, 4) is 0 Å². The molecular formula is C12H25N3O. The summed E-state index contributed by atoms with van der Waals surface area (Å²) in [6.07, 6.45) is 3.99. The van der Waals surface area contributed by atoms with Gasteiger partial charge in [-0.05, 0) is 32.4 Å². The molecule has 1 aliphatic rings. The van der Waals surface area contributed by atoms with Crippen LogP contribution in [0.1, 0.15) is 39.5 Å². The molecule has 1 aliphatic heterocycles. The minimum atomic E-state index is -0.331. The number of nitrogens with two attached hydrogens (primary N) is 1. The van der Waals surface area contributed by atoms with Gasteiger partial charge in [0.05, 0.1) is 6.04 Å². The highest BCUT2D eigenvalue weighted by molar-refractivity contribution is 5.81. The molecule has 0 aromatic rings. The molecule has 1 heterocycles. The quantitative estimate of drug-likeness (QED) is 0.727. The van der Waals surface area contributed by atoms with E-state index in [4.69, 9.17) is 5.73 Å². The van der Waals surface area contributed by atoms with E-state index in [1.807, 2.05) is 6.92 Å². The molecule has 16 heavy (non-hydrogen) atoms. The smallest absolute Gasteiger partial charge is 0.237 e. The van der Waals surface area contributed by atoms with Crippen LogP contribution in [0.15, 0.2) is 0 Å². The van der Waals surface area contributed by atoms with Gasteiger partial charge in [-0.3, -0.25) is 4.79 Å². The van der Waals surface area contributed by atoms with E-state index in [0.717, 1.165) is 38.9 Å². The predicted octanol–water partition coefficient (Wildman–Crippen LogP) is 0.714. The Bertz CT molecular complexity index is 220. The van der Waals surface area contributed by atoms with Gasteiger partial charge in [-0.25, -0.2) is 0 Å². The number of carbonyl (C=O) groups is 1. The van der Waals surface area contributed by atoms with Crippen LogP contribution in [-0.2, 0) is 4.79 Å². The average Bonchev–Trinajstić information content (AvgIpc) is 2.29. The van der Waals surface area contributed by atoms with Gasteiger partial charge in [0.25, 0.3) is 0 Å². The van der Waals surface area contributed by atoms with Gasteiger partial charge < -0.3 is 16.0 Å². The van der Waals surface area contributed by atoms with Crippen LogP contribution in [0.5, 0.6) is 0 Å². The lowest BCUT2D eigenvalue weighted by molar-refractivity contribution is -0.123. The number of piperidine rings is 1. The fourth-order valence-electron chi connectivity index (χ4n) is 2.21. The summed E-state index contributed by atoms with van der Waals surface area (Å²) < 4.78 is 0. The summed E-state index contributed by atoms with van der Waals surface area (Å²) in [4.78, 5) is 14.1. The summed E-state index contributed by atoms with van der Waals surface area (Å²) in [5.74, 6) is 0.0183. The fraction of sp³-hybridized carbons (Fsp3) is 0.917. The van der Waals surface area contributed by atoms with Crippen molar-refractivity contribution in [3.63, 3.8) is 0 Å². The number of rotatable bonds is 5. The first-order valence-electron chi connectivity index (χ1n) is 6.45. The van der Waals surface area contributed by atoms with E-state index < -0.39 is 0 Å². The van der Waals surface area contributed by atoms with Crippen LogP contribution in [0.2, 0.25) is 0 Å². The third-order valence-corrected chi connectivity index (χ3v) is 3.24. The zero-order valence-corrected chi connectivity index (χ0v) is 10.5. The van der Waals surface area contributed by atoms with Crippen LogP contribution in [0.3, 0.4) is 0 Å². The van der Waals surface area contributed by atoms with E-state index in [0.29, 0.717) is 6.04 Å². The third kappa shape index (κ3) is 4.10. The van der Waals surface area contributed by atoms with Crippen LogP contribution in [-0.4, -0.2) is 42.5 Å². The molecule has 1 fully saturated rings. The van der Waals surface area contributed by atoms with Crippen molar-refractivity contribution in [3.05, 3.63) is 0 Å². The van der Waals surface area contributed by atoms with E-state index in [-0.39, 0.29) is 11.9 Å². The van der Waals surface area contributed by atoms with Gasteiger partial charge in [0, 0.05) is 12.6 Å². The SMILES string of the molecule is CCC[C@@H](N)C(=O)NC1CCCN(CC)C1. The van der Waals surface area contributed by atoms with Crippen LogP contribution in [0.4, 0.5) is 0 Å². The number of amides is 1. The lowest BCUT2D eigenvalue weighted by atomic mass is 10.0. The Labute approximate surface area is 98.6 Å². The summed E-state index contributed by atoms with van der Waals surface area (Å²) in [6.45, 7) is 7.40. The van der Waals surface area contributed by atoms with Crippen molar-refractivity contribution in [2.45, 2.75) is 51.6 Å². The van der Waals surface area contributed by atoms with Crippen LogP contribution >= 0.6 is 0 Å². The molecule has 1 saturated heterocycles. The maximum atomic E-state index is 11.7. The lowest BCUT2D eigenvalue weighted by Crippen LogP contribution is -2.51. The topological polar surface area (TPSA) is 58.4 Å². The monoisotopic (exact) mass is 227 g/mol. The summed E-state index contributed by atoms with van der Waals surface area (Å²) in [7, 11) is 0. The van der Waals surface area contributed by atoms with Crippen LogP contribution < -0.4 is 11.1 Å². The molecule has 1 amide bonds. The molecule has 3 N–H and O–H groups in total. The van der Waals surface area contributed by atoms with Gasteiger partial charge in [0.2, 0.25) is 5.91 Å². The van der Waals surface area contributed by atoms with Crippen molar-refractivity contribution < 1.29 is 4.79 Å². The Kier molecular flexibility index (Phi) is 5.77. The second kappa shape index (κ2) is 6.86. The number of hydrogen-bond acceptors (Lipinski definition) is 3. The second-order valence-electron chi connectivity index (χ2n) is 4.64. The van der Waals surface area contributed by atoms with E-state index in [1.165, 1.54) is 6.42 Å². The first kappa shape index (κ1) is 13.5. The number of nitrogens with zero attached hydrogens (tertiary/aromatic N) is 1. The summed E-state index contributed by atoms with van der Waals surface area (Å²) in [5, 5.41) is 3.06. The lowest BCUT2D eigenvalue weighted by Gasteiger charge is -2.32. The Hall–Kier alpha value is -0.610. The molecule has 94 valence electrons. The first-order valence-corrected chi connectivity index (χ1v) is 6.45. The number of likely N-dealkylation sites (tertiary alicyclic amines) is 1. The molecule has 0 radical (unpaired) electrons. The number of nitrogens with one attached hydrogen (secondary N) is 1. The zero-order valence-electron chi connectivity index (χ0n) is 10.5. The van der Waals surface area contributed by atoms with E-state index in [9.17, 15) is 4.79 Å². The Morgan fingerprint density at radius 1 is 1.56 bits per heavy atom. The molecule has 0 spiro atoms. The molecule has 0 aromatic carbocycles. The van der Waals surface area contributed by atoms with Gasteiger partial charge in [0.1, 0.15) is 0 Å². The standard InChI is InChI=1S/C12H25N3O/c1-3-6-11(13)12(16)14-10-7-5-8-15(4-2)9-10/h10-11H,3-9,13H2,1-2H3,(H,14,16)/t10?,11-/m1/s1. The predicted molar refractivity (Wildman–Crippen MR) is 66.2 cm³/mol. The number of likely N-dealkylation sites (N-methyl/N-ethyl adjacent to an activating group) is 1. The molecule has 4 heteroatoms. The molecule has 1 unspecified atom stereocenters. The van der Waals surface area contributed by atoms with E-state index in [2.05, 4.69) is 17.1 Å². The molecule has 0 bridgehead atoms. The summed E-state index contributed by atoms with van der Waals surface area (Å²) >= 11 is 0. The minimum absolute atomic E-state index is 0.0183. The summed E-state index contributed by atoms with van der Waals surface area (Å²) in [6, 6.07) is -0.0360. The van der Waals surface area contributed by atoms with Crippen LogP contribution in [0, 0.1) is 0 Å². The molecule has 0 saturated carbocycles. The molecule has 0 aliphatic carbocycles. The third-order valence-electron chi connectivity index (χ3n) is 3.24. The number of carbonyl (C=O) groups excluding carboxylic acids is 1. The molecular weight excluding hydrogens is 202 g/mol. The second-order valence-corrected chi connectivity index (χ2v) is 4.64. The van der Waals surface area contributed by atoms with Crippen molar-refractivity contribution >= 4 is 5.91 Å². The number of hydrogen-bond donors (Lipinski definition) is 2. The Morgan fingerprint density at radius 2 is 2.31 bits per heavy atom. The van der Waals surface area contributed by atoms with E-state index >= 15 is 0 Å². The molecule has 4 nitrogen and oxygen atoms in total. The van der Waals surface area contributed by atoms with Gasteiger partial charge >= 0.3 is 0 Å². The van der Waals surface area contributed by atoms with E-state index in [1.54, 1.807) is 0 Å². The maximum absolute atomic E-state index is 11.7. The van der Waals surface area contributed by atoms with Crippen LogP contribution in [0.25, 0.3) is 0 Å². The normalized spacial score (nSPS) is 24.1. The van der Waals surface area contributed by atoms with Gasteiger partial charge in [0.15, 0.2) is 0 Å². The Balaban J connectivity index is 2.32. The molecule has 2 atom stereocenters. The average molecular weight is 227 g/mol. The van der Waals surface area contributed by atoms with Gasteiger partial charge in [-0.2, -0.15) is 0 Å². The summed E-state index contributed by atoms with van der Waals surface area (Å²) in [5.41, 5.74) is 5.79. The zero-order chi connectivity index (χ0) is 12.0. The highest BCUT2D eigenvalue weighted by Crippen LogP contribution is 2.09. The van der Waals surface area contributed by atoms with Crippen molar-refractivity contribution in [1.82, 2.24) is 10.2 Å². The van der Waals surface area contributed by atoms with Crippen molar-refractivity contribution in [1.29, 1.82) is 0 Å². The van der Waals surface area contributed by atoms with Gasteiger partial charge in [-0.1, -0.05) is 20.3 Å². The van der Waals surface area contributed by atoms with Crippen molar-refractivity contribution in [2.24, 2.45) is 5.73 Å². The van der Waals surface area contributed by atoms with Gasteiger partial charge in [-0.15, -0.1) is 0 Å². The largest absolute Gasteiger partial charge is 0.351 e.